The summed E-state index contributed by atoms with van der Waals surface area (Å²) < 4.78 is 8.55. The molecule has 1 heterocycles. The van der Waals surface area contributed by atoms with Gasteiger partial charge in [-0.05, 0) is 0 Å². The van der Waals surface area contributed by atoms with Crippen LogP contribution in [0.3, 0.4) is 0 Å². The Labute approximate surface area is 124 Å². The predicted octanol–water partition coefficient (Wildman–Crippen LogP) is 3.97. The maximum atomic E-state index is 12.6. The van der Waals surface area contributed by atoms with Gasteiger partial charge >= 0.3 is 125 Å². The van der Waals surface area contributed by atoms with Gasteiger partial charge in [-0.3, -0.25) is 0 Å². The summed E-state index contributed by atoms with van der Waals surface area (Å²) in [5, 5.41) is 1.11. The third-order valence-electron chi connectivity index (χ3n) is 3.06. The maximum absolute atomic E-state index is 12.6. The Morgan fingerprint density at radius 1 is 1.15 bits per heavy atom. The Morgan fingerprint density at radius 3 is 2.30 bits per heavy atom. The summed E-state index contributed by atoms with van der Waals surface area (Å²) in [4.78, 5) is 19.5. The van der Waals surface area contributed by atoms with E-state index in [-0.39, 0.29) is 6.09 Å². The predicted molar refractivity (Wildman–Crippen MR) is 86.6 cm³/mol. The van der Waals surface area contributed by atoms with E-state index in [1.807, 2.05) is 39.0 Å². The second-order valence-electron chi connectivity index (χ2n) is 7.15. The first-order valence-corrected chi connectivity index (χ1v) is 16.9. The molecule has 0 aliphatic rings. The van der Waals surface area contributed by atoms with Crippen LogP contribution in [-0.4, -0.2) is 34.6 Å². The van der Waals surface area contributed by atoms with E-state index < -0.39 is 24.0 Å². The summed E-state index contributed by atoms with van der Waals surface area (Å²) in [6.07, 6.45) is -0.264. The van der Waals surface area contributed by atoms with Gasteiger partial charge in [0.25, 0.3) is 0 Å². The van der Waals surface area contributed by atoms with Crippen LogP contribution in [0.2, 0.25) is 14.8 Å². The first-order chi connectivity index (χ1) is 9.09. The van der Waals surface area contributed by atoms with Crippen LogP contribution in [0.4, 0.5) is 4.79 Å². The summed E-state index contributed by atoms with van der Waals surface area (Å²) in [7, 11) is 0. The molecule has 1 aromatic heterocycles. The first kappa shape index (κ1) is 15.4. The summed E-state index contributed by atoms with van der Waals surface area (Å²) >= 11 is -2.41. The number of benzene rings is 1. The molecule has 0 unspecified atom stereocenters. The summed E-state index contributed by atoms with van der Waals surface area (Å²) in [5.41, 5.74) is 0.469. The van der Waals surface area contributed by atoms with Gasteiger partial charge in [-0.1, -0.05) is 0 Å². The SMILES string of the molecule is CC(C)(C)OC(=O)n1[c]([Sn]([CH3])([CH3])[CH3])cc2ccccc21. The molecule has 0 saturated heterocycles. The number of fused-ring (bicyclic) bond motifs is 1. The standard InChI is InChI=1S/C13H14NO2.3CH3.Sn/c1-13(2,3)16-12(15)14-9-8-10-6-4-5-7-11(10)14;;;;/h4-8H,1-3H3;3*1H3;. The minimum atomic E-state index is -2.41. The van der Waals surface area contributed by atoms with Gasteiger partial charge in [0, 0.05) is 0 Å². The van der Waals surface area contributed by atoms with Gasteiger partial charge < -0.3 is 0 Å². The number of hydrogen-bond donors (Lipinski definition) is 0. The normalized spacial score (nSPS) is 12.7. The first-order valence-electron chi connectivity index (χ1n) is 6.94. The second kappa shape index (κ2) is 5.10. The van der Waals surface area contributed by atoms with E-state index in [0.717, 1.165) is 10.9 Å². The average Bonchev–Trinajstić information content (AvgIpc) is 2.65. The van der Waals surface area contributed by atoms with Crippen molar-refractivity contribution in [1.82, 2.24) is 4.57 Å². The quantitative estimate of drug-likeness (QED) is 0.702. The second-order valence-corrected chi connectivity index (χ2v) is 21.5. The van der Waals surface area contributed by atoms with Crippen molar-refractivity contribution in [2.75, 3.05) is 0 Å². The molecule has 1 aromatic carbocycles. The van der Waals surface area contributed by atoms with E-state index in [9.17, 15) is 4.79 Å². The Kier molecular flexibility index (Phi) is 3.93. The van der Waals surface area contributed by atoms with Gasteiger partial charge in [0.15, 0.2) is 0 Å². The number of nitrogens with zero attached hydrogens (tertiary/aromatic N) is 1. The monoisotopic (exact) mass is 381 g/mol. The third kappa shape index (κ3) is 3.19. The fraction of sp³-hybridized carbons (Fsp3) is 0.438. The summed E-state index contributed by atoms with van der Waals surface area (Å²) in [5.74, 6) is 0. The van der Waals surface area contributed by atoms with E-state index in [4.69, 9.17) is 4.74 Å². The van der Waals surface area contributed by atoms with E-state index in [1.165, 1.54) is 3.71 Å². The molecule has 0 saturated carbocycles. The van der Waals surface area contributed by atoms with Crippen molar-refractivity contribution in [3.8, 4) is 0 Å². The molecule has 0 fully saturated rings. The van der Waals surface area contributed by atoms with E-state index in [2.05, 4.69) is 27.0 Å². The van der Waals surface area contributed by atoms with Crippen molar-refractivity contribution in [3.05, 3.63) is 30.3 Å². The van der Waals surface area contributed by atoms with Crippen LogP contribution in [0.25, 0.3) is 10.9 Å². The number of carbonyl (C=O) groups excluding carboxylic acids is 1. The Hall–Kier alpha value is -0.971. The molecular formula is C16H23NO2Sn. The topological polar surface area (TPSA) is 31.2 Å². The zero-order valence-corrected chi connectivity index (χ0v) is 16.0. The number of hydrogen-bond acceptors (Lipinski definition) is 2. The molecule has 108 valence electrons. The number of carbonyl (C=O) groups is 1. The molecular weight excluding hydrogens is 357 g/mol. The van der Waals surface area contributed by atoms with Crippen molar-refractivity contribution < 1.29 is 9.53 Å². The van der Waals surface area contributed by atoms with Crippen molar-refractivity contribution in [3.63, 3.8) is 0 Å². The molecule has 0 amide bonds. The van der Waals surface area contributed by atoms with Gasteiger partial charge in [-0.2, -0.15) is 0 Å². The minimum absolute atomic E-state index is 0.264. The summed E-state index contributed by atoms with van der Waals surface area (Å²) in [6, 6.07) is 10.2. The van der Waals surface area contributed by atoms with Crippen LogP contribution in [0.1, 0.15) is 20.8 Å². The van der Waals surface area contributed by atoms with E-state index in [0.29, 0.717) is 0 Å². The van der Waals surface area contributed by atoms with E-state index >= 15 is 0 Å². The molecule has 0 radical (unpaired) electrons. The molecule has 0 atom stereocenters. The van der Waals surface area contributed by atoms with Crippen LogP contribution >= 0.6 is 0 Å². The molecule has 2 rings (SSSR count). The Bertz CT molecular complexity index is 645. The molecule has 0 aliphatic carbocycles. The van der Waals surface area contributed by atoms with Gasteiger partial charge in [0.2, 0.25) is 0 Å². The number of aromatic nitrogens is 1. The average molecular weight is 380 g/mol. The van der Waals surface area contributed by atoms with Gasteiger partial charge in [-0.15, -0.1) is 0 Å². The molecule has 4 heteroatoms. The van der Waals surface area contributed by atoms with Crippen LogP contribution in [0, 0.1) is 0 Å². The summed E-state index contributed by atoms with van der Waals surface area (Å²) in [6.45, 7) is 5.70. The van der Waals surface area contributed by atoms with Crippen LogP contribution < -0.4 is 3.71 Å². The van der Waals surface area contributed by atoms with Crippen molar-refractivity contribution in [2.24, 2.45) is 0 Å². The molecule has 0 spiro atoms. The van der Waals surface area contributed by atoms with Crippen molar-refractivity contribution in [1.29, 1.82) is 0 Å². The molecule has 0 bridgehead atoms. The van der Waals surface area contributed by atoms with Crippen LogP contribution in [0.5, 0.6) is 0 Å². The van der Waals surface area contributed by atoms with Gasteiger partial charge in [-0.25, -0.2) is 0 Å². The van der Waals surface area contributed by atoms with Crippen LogP contribution in [-0.2, 0) is 4.74 Å². The van der Waals surface area contributed by atoms with Gasteiger partial charge in [0.1, 0.15) is 0 Å². The van der Waals surface area contributed by atoms with Crippen molar-refractivity contribution >= 4 is 39.1 Å². The Balaban J connectivity index is 2.63. The fourth-order valence-corrected chi connectivity index (χ4v) is 6.41. The molecule has 20 heavy (non-hydrogen) atoms. The fourth-order valence-electron chi connectivity index (χ4n) is 2.21. The zero-order chi connectivity index (χ0) is 15.1. The number of para-hydroxylation sites is 1. The third-order valence-corrected chi connectivity index (χ3v) is 8.49. The van der Waals surface area contributed by atoms with Crippen LogP contribution in [0.15, 0.2) is 30.3 Å². The number of ether oxygens (including phenoxy) is 1. The molecule has 0 aliphatic heterocycles. The van der Waals surface area contributed by atoms with Gasteiger partial charge in [0.05, 0.1) is 0 Å². The van der Waals surface area contributed by atoms with E-state index in [1.54, 1.807) is 4.57 Å². The molecule has 2 aromatic rings. The van der Waals surface area contributed by atoms with Crippen molar-refractivity contribution in [2.45, 2.75) is 41.2 Å². The number of rotatable bonds is 1. The zero-order valence-electron chi connectivity index (χ0n) is 13.2. The Morgan fingerprint density at radius 2 is 1.75 bits per heavy atom. The molecule has 0 N–H and O–H groups in total. The molecule has 3 nitrogen and oxygen atoms in total.